The molecule has 6 rings (SSSR count). The fourth-order valence-electron chi connectivity index (χ4n) is 4.66. The summed E-state index contributed by atoms with van der Waals surface area (Å²) in [6.45, 7) is 2.21. The molecule has 1 amide bonds. The molecular weight excluding hydrogens is 526 g/mol. The molecule has 2 saturated carbocycles. The van der Waals surface area contributed by atoms with Gasteiger partial charge < -0.3 is 15.0 Å². The van der Waals surface area contributed by atoms with Gasteiger partial charge in [-0.05, 0) is 61.9 Å². The van der Waals surface area contributed by atoms with Gasteiger partial charge in [0.2, 0.25) is 15.9 Å². The van der Waals surface area contributed by atoms with Crippen LogP contribution < -0.4 is 15.8 Å². The first kappa shape index (κ1) is 24.8. The van der Waals surface area contributed by atoms with Crippen LogP contribution in [0.1, 0.15) is 53.9 Å². The Kier molecular flexibility index (Phi) is 6.09. The summed E-state index contributed by atoms with van der Waals surface area (Å²) in [6, 6.07) is 8.64. The van der Waals surface area contributed by atoms with Crippen LogP contribution in [0.25, 0.3) is 5.65 Å². The molecule has 0 radical (unpaired) electrons. The SMILES string of the molecule is Cc1ccnc(C2CC2C(=O)Nc2cc(NCc3cn4cc(C5CC5)ccc4n3)c(Cl)cc2S(N)(=O)=O)n1. The summed E-state index contributed by atoms with van der Waals surface area (Å²) in [5.74, 6) is 0.435. The van der Waals surface area contributed by atoms with Gasteiger partial charge >= 0.3 is 0 Å². The maximum atomic E-state index is 13.0. The number of primary sulfonamides is 1. The molecule has 0 saturated heterocycles. The fraction of sp³-hybridized carbons (Fsp3) is 0.308. The molecular formula is C26H26ClN7O3S. The van der Waals surface area contributed by atoms with E-state index in [0.717, 1.165) is 17.0 Å². The zero-order valence-corrected chi connectivity index (χ0v) is 22.1. The lowest BCUT2D eigenvalue weighted by Gasteiger charge is -2.14. The summed E-state index contributed by atoms with van der Waals surface area (Å²) in [4.78, 5) is 26.1. The minimum Gasteiger partial charge on any atom is -0.378 e. The lowest BCUT2D eigenvalue weighted by molar-refractivity contribution is -0.117. The number of carbonyl (C=O) groups is 1. The topological polar surface area (TPSA) is 144 Å². The minimum absolute atomic E-state index is 0.0595. The first-order chi connectivity index (χ1) is 18.2. The van der Waals surface area contributed by atoms with Gasteiger partial charge in [-0.2, -0.15) is 0 Å². The Morgan fingerprint density at radius 2 is 1.97 bits per heavy atom. The van der Waals surface area contributed by atoms with Crippen molar-refractivity contribution in [3.05, 3.63) is 76.7 Å². The van der Waals surface area contributed by atoms with E-state index >= 15 is 0 Å². The number of rotatable bonds is 8. The molecule has 196 valence electrons. The number of amides is 1. The van der Waals surface area contributed by atoms with Gasteiger partial charge in [-0.25, -0.2) is 28.5 Å². The van der Waals surface area contributed by atoms with Crippen molar-refractivity contribution >= 4 is 44.6 Å². The third kappa shape index (κ3) is 5.09. The van der Waals surface area contributed by atoms with Crippen LogP contribution in [0.15, 0.2) is 53.8 Å². The number of nitrogens with one attached hydrogen (secondary N) is 2. The predicted molar refractivity (Wildman–Crippen MR) is 144 cm³/mol. The summed E-state index contributed by atoms with van der Waals surface area (Å²) < 4.78 is 26.6. The van der Waals surface area contributed by atoms with Gasteiger partial charge in [-0.1, -0.05) is 17.7 Å². The second-order valence-corrected chi connectivity index (χ2v) is 11.9. The largest absolute Gasteiger partial charge is 0.378 e. The average molecular weight is 552 g/mol. The van der Waals surface area contributed by atoms with Gasteiger partial charge in [-0.15, -0.1) is 0 Å². The number of nitrogens with two attached hydrogens (primary N) is 1. The van der Waals surface area contributed by atoms with Gasteiger partial charge in [0.25, 0.3) is 0 Å². The zero-order chi connectivity index (χ0) is 26.6. The van der Waals surface area contributed by atoms with Gasteiger partial charge in [-0.3, -0.25) is 4.79 Å². The normalized spacial score (nSPS) is 18.9. The quantitative estimate of drug-likeness (QED) is 0.300. The fourth-order valence-corrected chi connectivity index (χ4v) is 5.65. The number of benzene rings is 1. The Labute approximate surface area is 224 Å². The van der Waals surface area contributed by atoms with Crippen LogP contribution in [-0.2, 0) is 21.4 Å². The number of hydrogen-bond acceptors (Lipinski definition) is 7. The maximum absolute atomic E-state index is 13.0. The van der Waals surface area contributed by atoms with Crippen molar-refractivity contribution in [1.29, 1.82) is 0 Å². The lowest BCUT2D eigenvalue weighted by atomic mass is 10.2. The number of aromatic nitrogens is 4. The van der Waals surface area contributed by atoms with E-state index in [9.17, 15) is 13.2 Å². The highest BCUT2D eigenvalue weighted by Gasteiger charge is 2.46. The van der Waals surface area contributed by atoms with Crippen molar-refractivity contribution in [2.75, 3.05) is 10.6 Å². The number of hydrogen-bond donors (Lipinski definition) is 3. The number of fused-ring (bicyclic) bond motifs is 1. The molecule has 2 fully saturated rings. The Bertz CT molecular complexity index is 1680. The van der Waals surface area contributed by atoms with Crippen molar-refractivity contribution < 1.29 is 13.2 Å². The minimum atomic E-state index is -4.15. The molecule has 1 aromatic carbocycles. The number of anilines is 2. The van der Waals surface area contributed by atoms with Crippen LogP contribution in [0, 0.1) is 12.8 Å². The van der Waals surface area contributed by atoms with E-state index in [1.165, 1.54) is 30.5 Å². The van der Waals surface area contributed by atoms with Crippen molar-refractivity contribution in [2.24, 2.45) is 11.1 Å². The molecule has 2 aliphatic rings. The van der Waals surface area contributed by atoms with E-state index in [1.807, 2.05) is 23.6 Å². The molecule has 0 spiro atoms. The van der Waals surface area contributed by atoms with Gasteiger partial charge in [0.05, 0.1) is 28.6 Å². The van der Waals surface area contributed by atoms with Crippen LogP contribution in [-0.4, -0.2) is 33.7 Å². The van der Waals surface area contributed by atoms with E-state index in [-0.39, 0.29) is 33.3 Å². The molecule has 4 N–H and O–H groups in total. The smallest absolute Gasteiger partial charge is 0.240 e. The van der Waals surface area contributed by atoms with Crippen molar-refractivity contribution in [3.8, 4) is 0 Å². The first-order valence-corrected chi connectivity index (χ1v) is 14.3. The number of carbonyl (C=O) groups excluding carboxylic acids is 1. The lowest BCUT2D eigenvalue weighted by Crippen LogP contribution is -2.20. The highest BCUT2D eigenvalue weighted by molar-refractivity contribution is 7.89. The Morgan fingerprint density at radius 1 is 1.16 bits per heavy atom. The Morgan fingerprint density at radius 3 is 2.71 bits per heavy atom. The highest BCUT2D eigenvalue weighted by Crippen LogP contribution is 2.47. The van der Waals surface area contributed by atoms with Crippen LogP contribution in [0.2, 0.25) is 5.02 Å². The van der Waals surface area contributed by atoms with Crippen LogP contribution >= 0.6 is 11.6 Å². The van der Waals surface area contributed by atoms with Gasteiger partial charge in [0.15, 0.2) is 0 Å². The number of aryl methyl sites for hydroxylation is 1. The Balaban J connectivity index is 1.21. The number of sulfonamides is 1. The molecule has 4 aromatic rings. The number of nitrogens with zero attached hydrogens (tertiary/aromatic N) is 4. The van der Waals surface area contributed by atoms with E-state index < -0.39 is 10.0 Å². The summed E-state index contributed by atoms with van der Waals surface area (Å²) >= 11 is 6.41. The molecule has 2 unspecified atom stereocenters. The monoisotopic (exact) mass is 551 g/mol. The summed E-state index contributed by atoms with van der Waals surface area (Å²) in [6.07, 6.45) is 8.75. The predicted octanol–water partition coefficient (Wildman–Crippen LogP) is 3.97. The van der Waals surface area contributed by atoms with Crippen LogP contribution in [0.5, 0.6) is 0 Å². The molecule has 12 heteroatoms. The molecule has 3 heterocycles. The van der Waals surface area contributed by atoms with Crippen molar-refractivity contribution in [1.82, 2.24) is 19.4 Å². The number of pyridine rings is 1. The average Bonchev–Trinajstić information content (AvgIpc) is 3.79. The van der Waals surface area contributed by atoms with Crippen molar-refractivity contribution in [2.45, 2.75) is 49.5 Å². The van der Waals surface area contributed by atoms with Crippen LogP contribution in [0.3, 0.4) is 0 Å². The van der Waals surface area contributed by atoms with Crippen molar-refractivity contribution in [3.63, 3.8) is 0 Å². The molecule has 0 bridgehead atoms. The number of halogens is 1. The first-order valence-electron chi connectivity index (χ1n) is 12.3. The third-order valence-electron chi connectivity index (χ3n) is 6.94. The highest BCUT2D eigenvalue weighted by atomic mass is 35.5. The molecule has 38 heavy (non-hydrogen) atoms. The molecule has 10 nitrogen and oxygen atoms in total. The van der Waals surface area contributed by atoms with Gasteiger partial charge in [0, 0.05) is 36.1 Å². The van der Waals surface area contributed by atoms with E-state index in [0.29, 0.717) is 30.4 Å². The molecule has 2 aliphatic carbocycles. The zero-order valence-electron chi connectivity index (χ0n) is 20.6. The maximum Gasteiger partial charge on any atom is 0.240 e. The summed E-state index contributed by atoms with van der Waals surface area (Å²) in [5.41, 5.74) is 4.26. The molecule has 0 aliphatic heterocycles. The summed E-state index contributed by atoms with van der Waals surface area (Å²) in [7, 11) is -4.15. The second kappa shape index (κ2) is 9.33. The van der Waals surface area contributed by atoms with Crippen LogP contribution in [0.4, 0.5) is 11.4 Å². The van der Waals surface area contributed by atoms with E-state index in [2.05, 4.69) is 37.8 Å². The third-order valence-corrected chi connectivity index (χ3v) is 8.20. The second-order valence-electron chi connectivity index (χ2n) is 9.96. The number of imidazole rings is 1. The molecule has 3 aromatic heterocycles. The van der Waals surface area contributed by atoms with E-state index in [1.54, 1.807) is 12.3 Å². The molecule has 2 atom stereocenters. The standard InChI is InChI=1S/C26H26ClN7O3S/c1-14-6-7-29-25(31-14)18-8-19(18)26(35)33-22-10-21(20(27)9-23(22)38(28,36)37)30-11-17-13-34-12-16(15-2-3-15)4-5-24(34)32-17/h4-7,9-10,12-13,15,18-19,30H,2-3,8,11H2,1H3,(H,33,35)(H2,28,36,37). The Hall–Kier alpha value is -3.54. The van der Waals surface area contributed by atoms with Gasteiger partial charge in [0.1, 0.15) is 16.4 Å². The summed E-state index contributed by atoms with van der Waals surface area (Å²) in [5, 5.41) is 11.5. The van der Waals surface area contributed by atoms with E-state index in [4.69, 9.17) is 16.7 Å².